The summed E-state index contributed by atoms with van der Waals surface area (Å²) >= 11 is 0. The van der Waals surface area contributed by atoms with Crippen LogP contribution in [-0.2, 0) is 11.3 Å². The molecule has 1 aromatic carbocycles. The Balaban J connectivity index is 2.03. The lowest BCUT2D eigenvalue weighted by Gasteiger charge is -2.38. The molecule has 1 aliphatic carbocycles. The van der Waals surface area contributed by atoms with E-state index >= 15 is 0 Å². The van der Waals surface area contributed by atoms with Crippen LogP contribution in [0, 0.1) is 21.4 Å². The van der Waals surface area contributed by atoms with Crippen LogP contribution in [0.15, 0.2) is 18.2 Å². The van der Waals surface area contributed by atoms with E-state index in [4.69, 9.17) is 10.5 Å². The molecule has 0 aliphatic heterocycles. The summed E-state index contributed by atoms with van der Waals surface area (Å²) in [5.74, 6) is 0.640. The Morgan fingerprint density at radius 2 is 2.14 bits per heavy atom. The van der Waals surface area contributed by atoms with Crippen molar-refractivity contribution in [2.24, 2.45) is 11.3 Å². The first-order valence-electron chi connectivity index (χ1n) is 7.42. The summed E-state index contributed by atoms with van der Waals surface area (Å²) in [7, 11) is 0. The Hall–Kier alpha value is -1.62. The molecular formula is C16H24N2O3. The SMILES string of the molecule is CC1CC(OCc2cccc([N+](=O)[O-])c2N)CC(C)(C)C1. The minimum absolute atomic E-state index is 0.0477. The van der Waals surface area contributed by atoms with Gasteiger partial charge in [0.2, 0.25) is 0 Å². The Labute approximate surface area is 125 Å². The number of para-hydroxylation sites is 1. The van der Waals surface area contributed by atoms with Crippen molar-refractivity contribution in [3.63, 3.8) is 0 Å². The minimum Gasteiger partial charge on any atom is -0.393 e. The van der Waals surface area contributed by atoms with E-state index in [9.17, 15) is 10.1 Å². The van der Waals surface area contributed by atoms with Crippen molar-refractivity contribution < 1.29 is 9.66 Å². The third-order valence-electron chi connectivity index (χ3n) is 4.19. The molecule has 0 amide bonds. The normalized spacial score (nSPS) is 24.7. The lowest BCUT2D eigenvalue weighted by Crippen LogP contribution is -2.32. The summed E-state index contributed by atoms with van der Waals surface area (Å²) in [6, 6.07) is 4.87. The van der Waals surface area contributed by atoms with Crippen molar-refractivity contribution >= 4 is 11.4 Å². The number of anilines is 1. The monoisotopic (exact) mass is 292 g/mol. The molecule has 2 unspecified atom stereocenters. The van der Waals surface area contributed by atoms with E-state index in [-0.39, 0.29) is 22.9 Å². The fourth-order valence-electron chi connectivity index (χ4n) is 3.48. The number of nitro groups is 1. The van der Waals surface area contributed by atoms with Crippen molar-refractivity contribution in [2.75, 3.05) is 5.73 Å². The number of nitro benzene ring substituents is 1. The van der Waals surface area contributed by atoms with Crippen LogP contribution in [-0.4, -0.2) is 11.0 Å². The Morgan fingerprint density at radius 1 is 1.43 bits per heavy atom. The van der Waals surface area contributed by atoms with Gasteiger partial charge >= 0.3 is 0 Å². The maximum absolute atomic E-state index is 10.9. The molecular weight excluding hydrogens is 268 g/mol. The van der Waals surface area contributed by atoms with Crippen molar-refractivity contribution in [1.82, 2.24) is 0 Å². The van der Waals surface area contributed by atoms with Crippen molar-refractivity contribution in [2.45, 2.75) is 52.7 Å². The number of ether oxygens (including phenoxy) is 1. The smallest absolute Gasteiger partial charge is 0.292 e. The highest BCUT2D eigenvalue weighted by molar-refractivity contribution is 5.62. The maximum Gasteiger partial charge on any atom is 0.292 e. The fourth-order valence-corrected chi connectivity index (χ4v) is 3.48. The topological polar surface area (TPSA) is 78.4 Å². The predicted molar refractivity (Wildman–Crippen MR) is 82.9 cm³/mol. The standard InChI is InChI=1S/C16H24N2O3/c1-11-7-13(9-16(2,3)8-11)21-10-12-5-4-6-14(15(12)17)18(19)20/h4-6,11,13H,7-10,17H2,1-3H3. The van der Waals surface area contributed by atoms with Gasteiger partial charge in [0, 0.05) is 11.6 Å². The number of rotatable bonds is 4. The number of hydrogen-bond donors (Lipinski definition) is 1. The van der Waals surface area contributed by atoms with Crippen LogP contribution < -0.4 is 5.73 Å². The molecule has 0 spiro atoms. The zero-order chi connectivity index (χ0) is 15.6. The maximum atomic E-state index is 10.9. The summed E-state index contributed by atoms with van der Waals surface area (Å²) in [5.41, 5.74) is 7.01. The first-order valence-corrected chi connectivity index (χ1v) is 7.42. The zero-order valence-corrected chi connectivity index (χ0v) is 13.0. The van der Waals surface area contributed by atoms with Crippen LogP contribution in [0.5, 0.6) is 0 Å². The van der Waals surface area contributed by atoms with Crippen molar-refractivity contribution in [1.29, 1.82) is 0 Å². The van der Waals surface area contributed by atoms with E-state index in [1.807, 2.05) is 0 Å². The third kappa shape index (κ3) is 3.94. The molecule has 0 bridgehead atoms. The average molecular weight is 292 g/mol. The number of nitrogen functional groups attached to an aromatic ring is 1. The van der Waals surface area contributed by atoms with Crippen LogP contribution in [0.4, 0.5) is 11.4 Å². The molecule has 1 aromatic rings. The molecule has 0 saturated heterocycles. The van der Waals surface area contributed by atoms with E-state index < -0.39 is 4.92 Å². The Bertz CT molecular complexity index is 528. The molecule has 1 fully saturated rings. The van der Waals surface area contributed by atoms with Crippen LogP contribution in [0.2, 0.25) is 0 Å². The van der Waals surface area contributed by atoms with E-state index in [1.54, 1.807) is 12.1 Å². The highest BCUT2D eigenvalue weighted by atomic mass is 16.6. The second kappa shape index (κ2) is 6.02. The van der Waals surface area contributed by atoms with Crippen LogP contribution in [0.25, 0.3) is 0 Å². The van der Waals surface area contributed by atoms with Gasteiger partial charge in [0.25, 0.3) is 5.69 Å². The molecule has 1 saturated carbocycles. The highest BCUT2D eigenvalue weighted by Gasteiger charge is 2.32. The summed E-state index contributed by atoms with van der Waals surface area (Å²) < 4.78 is 5.99. The highest BCUT2D eigenvalue weighted by Crippen LogP contribution is 2.40. The number of nitrogens with two attached hydrogens (primary N) is 1. The first kappa shape index (κ1) is 15.8. The molecule has 21 heavy (non-hydrogen) atoms. The molecule has 0 radical (unpaired) electrons. The second-order valence-electron chi connectivity index (χ2n) is 6.95. The molecule has 0 heterocycles. The summed E-state index contributed by atoms with van der Waals surface area (Å²) in [4.78, 5) is 10.4. The van der Waals surface area contributed by atoms with Gasteiger partial charge in [-0.15, -0.1) is 0 Å². The lowest BCUT2D eigenvalue weighted by atomic mass is 9.71. The van der Waals surface area contributed by atoms with Crippen LogP contribution >= 0.6 is 0 Å². The molecule has 2 rings (SSSR count). The number of nitrogens with zero attached hydrogens (tertiary/aromatic N) is 1. The van der Waals surface area contributed by atoms with Gasteiger partial charge in [-0.25, -0.2) is 0 Å². The first-order chi connectivity index (χ1) is 9.78. The zero-order valence-electron chi connectivity index (χ0n) is 13.0. The van der Waals surface area contributed by atoms with E-state index in [0.29, 0.717) is 18.1 Å². The molecule has 5 heteroatoms. The molecule has 1 aliphatic rings. The summed E-state index contributed by atoms with van der Waals surface area (Å²) in [6.45, 7) is 7.11. The molecule has 5 nitrogen and oxygen atoms in total. The van der Waals surface area contributed by atoms with Crippen molar-refractivity contribution in [3.8, 4) is 0 Å². The molecule has 2 N–H and O–H groups in total. The van der Waals surface area contributed by atoms with Gasteiger partial charge in [0.05, 0.1) is 17.6 Å². The van der Waals surface area contributed by atoms with Gasteiger partial charge < -0.3 is 10.5 Å². The number of benzene rings is 1. The van der Waals surface area contributed by atoms with Crippen LogP contribution in [0.1, 0.15) is 45.6 Å². The second-order valence-corrected chi connectivity index (χ2v) is 6.95. The molecule has 0 aromatic heterocycles. The fraction of sp³-hybridized carbons (Fsp3) is 0.625. The molecule has 116 valence electrons. The lowest BCUT2D eigenvalue weighted by molar-refractivity contribution is -0.384. The Morgan fingerprint density at radius 3 is 2.76 bits per heavy atom. The van der Waals surface area contributed by atoms with Gasteiger partial charge in [-0.2, -0.15) is 0 Å². The van der Waals surface area contributed by atoms with Gasteiger partial charge in [0.15, 0.2) is 0 Å². The van der Waals surface area contributed by atoms with Gasteiger partial charge in [0.1, 0.15) is 5.69 Å². The quantitative estimate of drug-likeness (QED) is 0.518. The van der Waals surface area contributed by atoms with Crippen LogP contribution in [0.3, 0.4) is 0 Å². The van der Waals surface area contributed by atoms with Gasteiger partial charge in [-0.3, -0.25) is 10.1 Å². The van der Waals surface area contributed by atoms with Gasteiger partial charge in [-0.05, 0) is 30.6 Å². The van der Waals surface area contributed by atoms with Crippen molar-refractivity contribution in [3.05, 3.63) is 33.9 Å². The molecule has 2 atom stereocenters. The average Bonchev–Trinajstić information content (AvgIpc) is 2.34. The summed E-state index contributed by atoms with van der Waals surface area (Å²) in [5, 5.41) is 10.9. The third-order valence-corrected chi connectivity index (χ3v) is 4.19. The largest absolute Gasteiger partial charge is 0.393 e. The predicted octanol–water partition coefficient (Wildman–Crippen LogP) is 3.91. The minimum atomic E-state index is -0.454. The number of hydrogen-bond acceptors (Lipinski definition) is 4. The Kier molecular flexibility index (Phi) is 4.52. The van der Waals surface area contributed by atoms with E-state index in [1.165, 1.54) is 12.5 Å². The van der Waals surface area contributed by atoms with E-state index in [2.05, 4.69) is 20.8 Å². The van der Waals surface area contributed by atoms with E-state index in [0.717, 1.165) is 12.8 Å². The van der Waals surface area contributed by atoms with Gasteiger partial charge in [-0.1, -0.05) is 32.9 Å². The summed E-state index contributed by atoms with van der Waals surface area (Å²) in [6.07, 6.45) is 3.47.